The summed E-state index contributed by atoms with van der Waals surface area (Å²) in [6, 6.07) is 2.60. The lowest BCUT2D eigenvalue weighted by Crippen LogP contribution is -2.38. The van der Waals surface area contributed by atoms with Crippen molar-refractivity contribution in [2.75, 3.05) is 11.4 Å². The molecule has 0 N–H and O–H groups in total. The van der Waals surface area contributed by atoms with E-state index in [2.05, 4.69) is 59.6 Å². The first-order valence-corrected chi connectivity index (χ1v) is 8.33. The van der Waals surface area contributed by atoms with Gasteiger partial charge in [-0.15, -0.1) is 11.6 Å². The van der Waals surface area contributed by atoms with E-state index in [1.54, 1.807) is 0 Å². The lowest BCUT2D eigenvalue weighted by molar-refractivity contribution is 0.502. The molecule has 1 rings (SSSR count). The molecule has 0 saturated carbocycles. The summed E-state index contributed by atoms with van der Waals surface area (Å²) in [5.41, 5.74) is 1.10. The van der Waals surface area contributed by atoms with Crippen LogP contribution < -0.4 is 4.90 Å². The minimum absolute atomic E-state index is 0.497. The van der Waals surface area contributed by atoms with E-state index in [-0.39, 0.29) is 0 Å². The van der Waals surface area contributed by atoms with Crippen LogP contribution in [-0.2, 0) is 5.88 Å². The van der Waals surface area contributed by atoms with Crippen LogP contribution in [0.4, 0.5) is 5.82 Å². The van der Waals surface area contributed by atoms with Crippen LogP contribution in [0.25, 0.3) is 0 Å². The molecule has 0 unspecified atom stereocenters. The Morgan fingerprint density at radius 2 is 1.95 bits per heavy atom. The summed E-state index contributed by atoms with van der Waals surface area (Å²) in [4.78, 5) is 7.04. The highest BCUT2D eigenvalue weighted by molar-refractivity contribution is 9.10. The van der Waals surface area contributed by atoms with Crippen LogP contribution in [0.5, 0.6) is 0 Å². The molecule has 1 aromatic heterocycles. The van der Waals surface area contributed by atoms with Gasteiger partial charge in [-0.1, -0.05) is 27.7 Å². The minimum atomic E-state index is 0.497. The minimum Gasteiger partial charge on any atom is -0.353 e. The summed E-state index contributed by atoms with van der Waals surface area (Å²) in [7, 11) is 0. The molecule has 2 nitrogen and oxygen atoms in total. The Hall–Kier alpha value is -0.280. The highest BCUT2D eigenvalue weighted by atomic mass is 79.9. The van der Waals surface area contributed by atoms with Crippen LogP contribution in [0.1, 0.15) is 46.1 Å². The molecule has 0 amide bonds. The first kappa shape index (κ1) is 16.8. The van der Waals surface area contributed by atoms with E-state index in [1.807, 2.05) is 6.20 Å². The number of hydrogen-bond donors (Lipinski definition) is 0. The van der Waals surface area contributed by atoms with Gasteiger partial charge in [-0.25, -0.2) is 4.98 Å². The van der Waals surface area contributed by atoms with Gasteiger partial charge in [0.15, 0.2) is 0 Å². The Balaban J connectivity index is 3.15. The predicted octanol–water partition coefficient (Wildman–Crippen LogP) is 5.23. The molecule has 4 heteroatoms. The van der Waals surface area contributed by atoms with E-state index >= 15 is 0 Å². The van der Waals surface area contributed by atoms with Crippen molar-refractivity contribution >= 4 is 33.3 Å². The highest BCUT2D eigenvalue weighted by Crippen LogP contribution is 2.27. The van der Waals surface area contributed by atoms with Crippen molar-refractivity contribution in [3.63, 3.8) is 0 Å². The number of pyridine rings is 1. The lowest BCUT2D eigenvalue weighted by Gasteiger charge is -2.34. The summed E-state index contributed by atoms with van der Waals surface area (Å²) in [5, 5.41) is 0. The maximum Gasteiger partial charge on any atom is 0.133 e. The van der Waals surface area contributed by atoms with Gasteiger partial charge in [-0.2, -0.15) is 0 Å². The zero-order valence-electron chi connectivity index (χ0n) is 12.3. The molecular formula is C15H24BrClN2. The van der Waals surface area contributed by atoms with Gasteiger partial charge < -0.3 is 4.90 Å². The zero-order valence-corrected chi connectivity index (χ0v) is 14.6. The Bertz CT molecular complexity index is 392. The number of alkyl halides is 1. The second-order valence-corrected chi connectivity index (χ2v) is 6.47. The molecule has 0 aliphatic carbocycles. The number of nitrogens with zero attached hydrogens (tertiary/aromatic N) is 2. The largest absolute Gasteiger partial charge is 0.353 e. The average Bonchev–Trinajstić information content (AvgIpc) is 2.38. The molecule has 0 fully saturated rings. The van der Waals surface area contributed by atoms with Gasteiger partial charge in [0.25, 0.3) is 0 Å². The second-order valence-electron chi connectivity index (χ2n) is 5.29. The number of hydrogen-bond acceptors (Lipinski definition) is 2. The summed E-state index contributed by atoms with van der Waals surface area (Å²) in [6.07, 6.45) is 4.12. The SMILES string of the molecule is CCC(CC)N(CC(C)C)c1ncc(Br)cc1CCl. The van der Waals surface area contributed by atoms with Gasteiger partial charge in [-0.05, 0) is 40.8 Å². The molecule has 0 spiro atoms. The maximum atomic E-state index is 6.09. The third-order valence-corrected chi connectivity index (χ3v) is 3.99. The quantitative estimate of drug-likeness (QED) is 0.627. The molecule has 0 bridgehead atoms. The van der Waals surface area contributed by atoms with E-state index in [4.69, 9.17) is 11.6 Å². The third kappa shape index (κ3) is 4.64. The van der Waals surface area contributed by atoms with Crippen LogP contribution in [-0.4, -0.2) is 17.6 Å². The van der Waals surface area contributed by atoms with Crippen molar-refractivity contribution in [3.8, 4) is 0 Å². The van der Waals surface area contributed by atoms with E-state index in [0.717, 1.165) is 35.2 Å². The molecule has 1 heterocycles. The topological polar surface area (TPSA) is 16.1 Å². The van der Waals surface area contributed by atoms with Crippen LogP contribution in [0.2, 0.25) is 0 Å². The van der Waals surface area contributed by atoms with Crippen LogP contribution in [0.3, 0.4) is 0 Å². The number of aromatic nitrogens is 1. The van der Waals surface area contributed by atoms with Crippen molar-refractivity contribution in [1.29, 1.82) is 0 Å². The number of rotatable bonds is 7. The summed E-state index contributed by atoms with van der Waals surface area (Å²) in [6.45, 7) is 9.98. The Kier molecular flexibility index (Phi) is 7.16. The van der Waals surface area contributed by atoms with Gasteiger partial charge in [-0.3, -0.25) is 0 Å². The molecule has 0 aliphatic rings. The Morgan fingerprint density at radius 3 is 2.42 bits per heavy atom. The number of anilines is 1. The maximum absolute atomic E-state index is 6.09. The lowest BCUT2D eigenvalue weighted by atomic mass is 10.1. The van der Waals surface area contributed by atoms with E-state index < -0.39 is 0 Å². The smallest absolute Gasteiger partial charge is 0.133 e. The summed E-state index contributed by atoms with van der Waals surface area (Å²) >= 11 is 9.56. The first-order valence-electron chi connectivity index (χ1n) is 7.00. The molecule has 0 atom stereocenters. The van der Waals surface area contributed by atoms with Gasteiger partial charge in [0.2, 0.25) is 0 Å². The van der Waals surface area contributed by atoms with Crippen molar-refractivity contribution in [2.45, 2.75) is 52.5 Å². The Morgan fingerprint density at radius 1 is 1.32 bits per heavy atom. The van der Waals surface area contributed by atoms with Crippen molar-refractivity contribution in [2.24, 2.45) is 5.92 Å². The Labute approximate surface area is 130 Å². The molecule has 0 aromatic carbocycles. The van der Waals surface area contributed by atoms with Gasteiger partial charge in [0.05, 0.1) is 5.88 Å². The standard InChI is InChI=1S/C15H24BrClN2/c1-5-14(6-2)19(10-11(3)4)15-12(8-17)7-13(16)9-18-15/h7,9,11,14H,5-6,8,10H2,1-4H3. The fraction of sp³-hybridized carbons (Fsp3) is 0.667. The van der Waals surface area contributed by atoms with Gasteiger partial charge in [0, 0.05) is 28.8 Å². The predicted molar refractivity (Wildman–Crippen MR) is 88.0 cm³/mol. The van der Waals surface area contributed by atoms with E-state index in [1.165, 1.54) is 0 Å². The zero-order chi connectivity index (χ0) is 14.4. The molecule has 108 valence electrons. The highest BCUT2D eigenvalue weighted by Gasteiger charge is 2.20. The van der Waals surface area contributed by atoms with Crippen LogP contribution in [0, 0.1) is 5.92 Å². The molecule has 1 aromatic rings. The molecular weight excluding hydrogens is 324 g/mol. The fourth-order valence-electron chi connectivity index (χ4n) is 2.36. The van der Waals surface area contributed by atoms with Crippen molar-refractivity contribution in [1.82, 2.24) is 4.98 Å². The van der Waals surface area contributed by atoms with Crippen molar-refractivity contribution < 1.29 is 0 Å². The fourth-order valence-corrected chi connectivity index (χ4v) is 2.94. The van der Waals surface area contributed by atoms with Crippen molar-refractivity contribution in [3.05, 3.63) is 22.3 Å². The number of halogens is 2. The van der Waals surface area contributed by atoms with Crippen LogP contribution in [0.15, 0.2) is 16.7 Å². The van der Waals surface area contributed by atoms with Gasteiger partial charge in [0.1, 0.15) is 5.82 Å². The first-order chi connectivity index (χ1) is 9.03. The van der Waals surface area contributed by atoms with Crippen LogP contribution >= 0.6 is 27.5 Å². The summed E-state index contributed by atoms with van der Waals surface area (Å²) < 4.78 is 0.987. The summed E-state index contributed by atoms with van der Waals surface area (Å²) in [5.74, 6) is 2.14. The molecule has 0 radical (unpaired) electrons. The molecule has 0 aliphatic heterocycles. The molecule has 0 saturated heterocycles. The van der Waals surface area contributed by atoms with E-state index in [0.29, 0.717) is 17.8 Å². The third-order valence-electron chi connectivity index (χ3n) is 3.27. The van der Waals surface area contributed by atoms with E-state index in [9.17, 15) is 0 Å². The molecule has 19 heavy (non-hydrogen) atoms. The monoisotopic (exact) mass is 346 g/mol. The van der Waals surface area contributed by atoms with Gasteiger partial charge >= 0.3 is 0 Å². The average molecular weight is 348 g/mol. The normalized spacial score (nSPS) is 11.4. The second kappa shape index (κ2) is 8.11.